The van der Waals surface area contributed by atoms with Gasteiger partial charge in [-0.2, -0.15) is 10.0 Å². The number of nitrogens with zero attached hydrogens (tertiary/aromatic N) is 2. The molecule has 14 aromatic rings. The summed E-state index contributed by atoms with van der Waals surface area (Å²) >= 11 is 0. The van der Waals surface area contributed by atoms with Crippen LogP contribution in [0.1, 0.15) is 5.56 Å². The van der Waals surface area contributed by atoms with Crippen LogP contribution in [0.15, 0.2) is 350 Å². The molecule has 2 nitrogen and oxygen atoms in total. The average molecular weight is 1020 g/mol. The van der Waals surface area contributed by atoms with Crippen LogP contribution in [0, 0.1) is 0 Å². The minimum Gasteiger partial charge on any atom is -0.309 e. The third kappa shape index (κ3) is 7.58. The van der Waals surface area contributed by atoms with Crippen LogP contribution in [-0.4, -0.2) is 9.13 Å². The molecule has 0 bridgehead atoms. The van der Waals surface area contributed by atoms with Gasteiger partial charge in [-0.05, 0) is 147 Å². The Morgan fingerprint density at radius 3 is 1.27 bits per heavy atom. The SMILES string of the molecule is c1ccc(-c2ccccc2-n2c3ccc(-n4c5ccccc5c5c(CS(c6ccccc6)(c6ccccc6)c6ccccc6)cccc54)cc3c3c(S(c4ccccc4)(c4ccccc4)c4ccccc4)cccc32)cc1. The number of rotatable bonds is 12. The van der Waals surface area contributed by atoms with E-state index in [4.69, 9.17) is 0 Å². The van der Waals surface area contributed by atoms with Gasteiger partial charge in [-0.25, -0.2) is 0 Å². The van der Waals surface area contributed by atoms with Crippen LogP contribution in [0.4, 0.5) is 0 Å². The second-order valence-electron chi connectivity index (χ2n) is 19.6. The minimum atomic E-state index is -2.11. The molecule has 14 rings (SSSR count). The molecule has 0 fully saturated rings. The van der Waals surface area contributed by atoms with Crippen LogP contribution in [0.3, 0.4) is 0 Å². The third-order valence-electron chi connectivity index (χ3n) is 15.4. The van der Waals surface area contributed by atoms with Gasteiger partial charge in [0.1, 0.15) is 0 Å². The van der Waals surface area contributed by atoms with Crippen LogP contribution < -0.4 is 0 Å². The van der Waals surface area contributed by atoms with Gasteiger partial charge in [-0.15, -0.1) is 10.0 Å². The van der Waals surface area contributed by atoms with E-state index in [1.54, 1.807) is 0 Å². The molecule has 0 spiro atoms. The summed E-state index contributed by atoms with van der Waals surface area (Å²) < 4.78 is 5.07. The van der Waals surface area contributed by atoms with E-state index in [2.05, 4.69) is 325 Å². The molecule has 0 aliphatic carbocycles. The summed E-state index contributed by atoms with van der Waals surface area (Å²) in [5.74, 6) is 0.844. The summed E-state index contributed by atoms with van der Waals surface area (Å²) in [6.07, 6.45) is 0. The van der Waals surface area contributed by atoms with Crippen molar-refractivity contribution >= 4 is 63.7 Å². The lowest BCUT2D eigenvalue weighted by atomic mass is 10.0. The van der Waals surface area contributed by atoms with E-state index in [1.807, 2.05) is 0 Å². The quantitative estimate of drug-likeness (QED) is 0.115. The van der Waals surface area contributed by atoms with Crippen LogP contribution in [0.5, 0.6) is 0 Å². The Morgan fingerprint density at radius 1 is 0.286 bits per heavy atom. The summed E-state index contributed by atoms with van der Waals surface area (Å²) in [6.45, 7) is 0. The van der Waals surface area contributed by atoms with Crippen LogP contribution in [-0.2, 0) is 5.75 Å². The summed E-state index contributed by atoms with van der Waals surface area (Å²) in [7, 11) is -3.91. The minimum absolute atomic E-state index is 0.844. The van der Waals surface area contributed by atoms with Gasteiger partial charge in [0, 0.05) is 58.1 Å². The fraction of sp³-hybridized carbons (Fsp3) is 0.0137. The lowest BCUT2D eigenvalue weighted by Crippen LogP contribution is -2.07. The molecule has 0 unspecified atom stereocenters. The molecule has 0 radical (unpaired) electrons. The molecule has 0 saturated heterocycles. The molecule has 0 N–H and O–H groups in total. The Kier molecular flexibility index (Phi) is 11.8. The van der Waals surface area contributed by atoms with Crippen molar-refractivity contribution in [3.05, 3.63) is 321 Å². The van der Waals surface area contributed by atoms with Crippen molar-refractivity contribution in [2.24, 2.45) is 0 Å². The normalized spacial score (nSPS) is 12.4. The molecular weight excluding hydrogens is 969 g/mol. The first-order valence-corrected chi connectivity index (χ1v) is 29.9. The number of hydrogen-bond acceptors (Lipinski definition) is 0. The zero-order chi connectivity index (χ0) is 51.2. The average Bonchev–Trinajstić information content (AvgIpc) is 4.26. The molecule has 2 heterocycles. The second kappa shape index (κ2) is 19.6. The molecule has 12 aromatic carbocycles. The number of para-hydroxylation sites is 2. The molecule has 2 aromatic heterocycles. The Balaban J connectivity index is 1.08. The summed E-state index contributed by atoms with van der Waals surface area (Å²) in [5.41, 5.74) is 10.7. The van der Waals surface area contributed by atoms with Crippen LogP contribution >= 0.6 is 20.1 Å². The van der Waals surface area contributed by atoms with E-state index < -0.39 is 20.1 Å². The molecule has 368 valence electrons. The van der Waals surface area contributed by atoms with Crippen molar-refractivity contribution < 1.29 is 0 Å². The monoisotopic (exact) mass is 1020 g/mol. The number of benzene rings is 12. The standard InChI is InChI=1S/C73H54N2S2/c1-8-28-54(29-9-1)63-43-22-24-45-66(63)75-68-51-50-56(52-65(68)73-70(75)48-27-49-71(73)77(60-37-16-5-17-38-60,61-39-18-6-19-40-61)62-41-20-7-21-42-62)74-67-46-25-23-44-64(67)72-55(30-26-47-69(72)74)53-76(57-31-10-2-11-32-57,58-33-12-3-13-34-58)59-35-14-4-15-36-59/h1-52H,53H2. The summed E-state index contributed by atoms with van der Waals surface area (Å²) in [4.78, 5) is 9.24. The predicted molar refractivity (Wildman–Crippen MR) is 326 cm³/mol. The smallest absolute Gasteiger partial charge is 0.0552 e. The van der Waals surface area contributed by atoms with E-state index >= 15 is 0 Å². The zero-order valence-corrected chi connectivity index (χ0v) is 44.1. The Hall–Kier alpha value is -9.06. The second-order valence-corrected chi connectivity index (χ2v) is 25.9. The van der Waals surface area contributed by atoms with Gasteiger partial charge < -0.3 is 9.13 Å². The highest BCUT2D eigenvalue weighted by atomic mass is 32.3. The largest absolute Gasteiger partial charge is 0.309 e. The lowest BCUT2D eigenvalue weighted by Gasteiger charge is -2.42. The first-order chi connectivity index (χ1) is 38.2. The maximum absolute atomic E-state index is 2.54. The van der Waals surface area contributed by atoms with E-state index in [0.29, 0.717) is 0 Å². The summed E-state index contributed by atoms with van der Waals surface area (Å²) in [6, 6.07) is 118. The van der Waals surface area contributed by atoms with Gasteiger partial charge in [-0.1, -0.05) is 194 Å². The highest BCUT2D eigenvalue weighted by molar-refractivity contribution is 8.34. The molecule has 0 aliphatic heterocycles. The lowest BCUT2D eigenvalue weighted by molar-refractivity contribution is 1.16. The molecule has 4 heteroatoms. The maximum Gasteiger partial charge on any atom is 0.0552 e. The highest BCUT2D eigenvalue weighted by Crippen LogP contribution is 2.75. The number of fused-ring (bicyclic) bond motifs is 6. The van der Waals surface area contributed by atoms with Crippen molar-refractivity contribution in [2.45, 2.75) is 40.0 Å². The van der Waals surface area contributed by atoms with Gasteiger partial charge in [0.15, 0.2) is 0 Å². The fourth-order valence-corrected chi connectivity index (χ4v) is 20.2. The van der Waals surface area contributed by atoms with Gasteiger partial charge in [-0.3, -0.25) is 0 Å². The fourth-order valence-electron chi connectivity index (χ4n) is 12.2. The third-order valence-corrected chi connectivity index (χ3v) is 23.3. The predicted octanol–water partition coefficient (Wildman–Crippen LogP) is 20.4. The van der Waals surface area contributed by atoms with E-state index in [0.717, 1.165) is 22.6 Å². The van der Waals surface area contributed by atoms with Gasteiger partial charge >= 0.3 is 0 Å². The number of hydrogen-bond donors (Lipinski definition) is 0. The first kappa shape index (κ1) is 46.5. The molecule has 0 atom stereocenters. The molecule has 0 saturated carbocycles. The van der Waals surface area contributed by atoms with Gasteiger partial charge in [0.2, 0.25) is 0 Å². The van der Waals surface area contributed by atoms with Crippen LogP contribution in [0.25, 0.3) is 66.1 Å². The highest BCUT2D eigenvalue weighted by Gasteiger charge is 2.37. The van der Waals surface area contributed by atoms with Crippen molar-refractivity contribution in [1.82, 2.24) is 9.13 Å². The van der Waals surface area contributed by atoms with Gasteiger partial charge in [0.25, 0.3) is 0 Å². The Labute approximate surface area is 453 Å². The van der Waals surface area contributed by atoms with Gasteiger partial charge in [0.05, 0.1) is 27.8 Å². The topological polar surface area (TPSA) is 9.86 Å². The first-order valence-electron chi connectivity index (χ1n) is 26.4. The van der Waals surface area contributed by atoms with Crippen LogP contribution in [0.2, 0.25) is 0 Å². The van der Waals surface area contributed by atoms with Crippen molar-refractivity contribution in [2.75, 3.05) is 0 Å². The summed E-state index contributed by atoms with van der Waals surface area (Å²) in [5, 5.41) is 5.00. The zero-order valence-electron chi connectivity index (χ0n) is 42.4. The molecule has 0 aliphatic rings. The van der Waals surface area contributed by atoms with Crippen molar-refractivity contribution in [3.8, 4) is 22.5 Å². The maximum atomic E-state index is 2.54. The van der Waals surface area contributed by atoms with E-state index in [1.165, 1.54) is 89.1 Å². The van der Waals surface area contributed by atoms with Crippen molar-refractivity contribution in [1.29, 1.82) is 0 Å². The number of aromatic nitrogens is 2. The molecule has 0 amide bonds. The van der Waals surface area contributed by atoms with E-state index in [9.17, 15) is 0 Å². The molecule has 77 heavy (non-hydrogen) atoms. The Bertz CT molecular complexity index is 4190. The van der Waals surface area contributed by atoms with Crippen molar-refractivity contribution in [3.63, 3.8) is 0 Å². The molecular formula is C73H54N2S2. The van der Waals surface area contributed by atoms with E-state index in [-0.39, 0.29) is 0 Å². The Morgan fingerprint density at radius 2 is 0.714 bits per heavy atom.